The van der Waals surface area contributed by atoms with Crippen molar-refractivity contribution in [1.82, 2.24) is 5.32 Å². The Bertz CT molecular complexity index is 1040. The maximum Gasteiger partial charge on any atom is 0.316 e. The molecule has 8 heteroatoms. The van der Waals surface area contributed by atoms with Crippen LogP contribution in [0, 0.1) is 11.6 Å². The first-order valence-electron chi connectivity index (χ1n) is 11.7. The summed E-state index contributed by atoms with van der Waals surface area (Å²) in [6, 6.07) is 14.0. The van der Waals surface area contributed by atoms with Gasteiger partial charge in [0, 0.05) is 17.7 Å². The van der Waals surface area contributed by atoms with Crippen LogP contribution in [0.15, 0.2) is 59.2 Å². The Balaban J connectivity index is 1.51. The lowest BCUT2D eigenvalue weighted by atomic mass is 9.96. The van der Waals surface area contributed by atoms with Gasteiger partial charge in [-0.05, 0) is 80.1 Å². The Morgan fingerprint density at radius 2 is 1.65 bits per heavy atom. The summed E-state index contributed by atoms with van der Waals surface area (Å²) in [7, 11) is -2.91. The van der Waals surface area contributed by atoms with Gasteiger partial charge in [-0.25, -0.2) is 8.78 Å². The van der Waals surface area contributed by atoms with Crippen molar-refractivity contribution in [3.05, 3.63) is 83.1 Å². The molecule has 1 unspecified atom stereocenters. The number of rotatable bonds is 15. The predicted octanol–water partition coefficient (Wildman–Crippen LogP) is 6.45. The minimum Gasteiger partial charge on any atom is -0.464 e. The molecule has 184 valence electrons. The minimum atomic E-state index is -2.91. The molecule has 3 rings (SSSR count). The van der Waals surface area contributed by atoms with Gasteiger partial charge in [0.2, 0.25) is 0 Å². The van der Waals surface area contributed by atoms with E-state index in [4.69, 9.17) is 9.31 Å². The van der Waals surface area contributed by atoms with Gasteiger partial charge in [0.1, 0.15) is 17.4 Å². The Morgan fingerprint density at radius 3 is 2.35 bits per heavy atom. The number of hydrogen-bond donors (Lipinski definition) is 2. The minimum absolute atomic E-state index is 0.147. The quantitative estimate of drug-likeness (QED) is 0.189. The third-order valence-electron chi connectivity index (χ3n) is 5.70. The highest BCUT2D eigenvalue weighted by Crippen LogP contribution is 2.29. The van der Waals surface area contributed by atoms with Crippen LogP contribution < -0.4 is 5.32 Å². The van der Waals surface area contributed by atoms with Crippen molar-refractivity contribution >= 4 is 8.25 Å². The van der Waals surface area contributed by atoms with Crippen LogP contribution in [0.5, 0.6) is 0 Å². The van der Waals surface area contributed by atoms with Crippen LogP contribution in [-0.4, -0.2) is 18.0 Å². The summed E-state index contributed by atoms with van der Waals surface area (Å²) in [5.74, 6) is 0.290. The fourth-order valence-corrected chi connectivity index (χ4v) is 4.25. The molecule has 2 N–H and O–H groups in total. The van der Waals surface area contributed by atoms with Crippen molar-refractivity contribution in [3.63, 3.8) is 0 Å². The molecule has 0 aliphatic heterocycles. The molecule has 0 aliphatic rings. The van der Waals surface area contributed by atoms with Crippen LogP contribution in [0.25, 0.3) is 11.3 Å². The first kappa shape index (κ1) is 26.3. The second-order valence-electron chi connectivity index (χ2n) is 8.23. The van der Waals surface area contributed by atoms with Gasteiger partial charge in [-0.3, -0.25) is 4.57 Å². The predicted molar refractivity (Wildman–Crippen MR) is 130 cm³/mol. The largest absolute Gasteiger partial charge is 0.464 e. The third-order valence-corrected chi connectivity index (χ3v) is 6.15. The highest BCUT2D eigenvalue weighted by atomic mass is 31.1. The highest BCUT2D eigenvalue weighted by molar-refractivity contribution is 7.32. The van der Waals surface area contributed by atoms with Gasteiger partial charge >= 0.3 is 8.25 Å². The number of hydrogen-bond acceptors (Lipinski definition) is 4. The Labute approximate surface area is 200 Å². The van der Waals surface area contributed by atoms with E-state index in [9.17, 15) is 13.3 Å². The van der Waals surface area contributed by atoms with Crippen LogP contribution >= 0.6 is 8.25 Å². The number of furan rings is 1. The number of nitrogens with one attached hydrogen (secondary N) is 1. The molecule has 0 saturated carbocycles. The van der Waals surface area contributed by atoms with Gasteiger partial charge in [-0.15, -0.1) is 0 Å². The zero-order chi connectivity index (χ0) is 24.2. The standard InChI is InChI=1S/C26H32F2NO4P/c27-24-12-6-5-10-20(24)9-3-1-2-4-11-21-18-25(28)22(17-23(21)26-13-7-15-32-26)19-29-14-8-16-33-34(30)31/h5-7,10,12-13,15,17-18,29,34H,1-4,8-9,11,14,16,19H2,(H,30,31). The topological polar surface area (TPSA) is 71.7 Å². The van der Waals surface area contributed by atoms with Crippen LogP contribution in [0.4, 0.5) is 8.78 Å². The molecular formula is C26H32F2NO4P. The zero-order valence-electron chi connectivity index (χ0n) is 19.2. The van der Waals surface area contributed by atoms with E-state index in [1.165, 1.54) is 6.07 Å². The van der Waals surface area contributed by atoms with Gasteiger partial charge < -0.3 is 19.2 Å². The summed E-state index contributed by atoms with van der Waals surface area (Å²) in [5.41, 5.74) is 3.09. The summed E-state index contributed by atoms with van der Waals surface area (Å²) < 4.78 is 49.3. The van der Waals surface area contributed by atoms with Crippen LogP contribution in [0.3, 0.4) is 0 Å². The number of aryl methyl sites for hydroxylation is 2. The summed E-state index contributed by atoms with van der Waals surface area (Å²) in [5, 5.41) is 3.14. The van der Waals surface area contributed by atoms with Crippen molar-refractivity contribution < 1.29 is 27.2 Å². The Hall–Kier alpha value is -2.31. The van der Waals surface area contributed by atoms with E-state index in [0.29, 0.717) is 30.8 Å². The molecule has 0 amide bonds. The van der Waals surface area contributed by atoms with Gasteiger partial charge in [-0.2, -0.15) is 0 Å². The maximum absolute atomic E-state index is 14.8. The van der Waals surface area contributed by atoms with Crippen molar-refractivity contribution in [3.8, 4) is 11.3 Å². The SMILES string of the molecule is O=[PH](O)OCCCNCc1cc(-c2ccco2)c(CCCCCCc2ccccc2F)cc1F. The first-order valence-corrected chi connectivity index (χ1v) is 13.0. The van der Waals surface area contributed by atoms with Crippen molar-refractivity contribution in [2.75, 3.05) is 13.2 Å². The Morgan fingerprint density at radius 1 is 0.882 bits per heavy atom. The molecule has 1 heterocycles. The summed E-state index contributed by atoms with van der Waals surface area (Å²) in [6.07, 6.45) is 7.43. The normalized spacial score (nSPS) is 12.2. The monoisotopic (exact) mass is 491 g/mol. The number of halogens is 2. The van der Waals surface area contributed by atoms with E-state index in [1.54, 1.807) is 18.4 Å². The van der Waals surface area contributed by atoms with E-state index in [0.717, 1.165) is 55.2 Å². The molecule has 0 radical (unpaired) electrons. The fourth-order valence-electron chi connectivity index (χ4n) is 3.93. The van der Waals surface area contributed by atoms with Gasteiger partial charge in [0.05, 0.1) is 12.9 Å². The molecule has 5 nitrogen and oxygen atoms in total. The molecular weight excluding hydrogens is 459 g/mol. The average Bonchev–Trinajstić information content (AvgIpc) is 3.35. The second-order valence-corrected chi connectivity index (χ2v) is 9.05. The Kier molecular flexibility index (Phi) is 11.0. The van der Waals surface area contributed by atoms with Gasteiger partial charge in [0.25, 0.3) is 0 Å². The van der Waals surface area contributed by atoms with Gasteiger partial charge in [0.15, 0.2) is 0 Å². The van der Waals surface area contributed by atoms with Crippen molar-refractivity contribution in [2.45, 2.75) is 51.5 Å². The summed E-state index contributed by atoms with van der Waals surface area (Å²) in [6.45, 7) is 1.06. The number of unbranched alkanes of at least 4 members (excludes halogenated alkanes) is 3. The fraction of sp³-hybridized carbons (Fsp3) is 0.385. The van der Waals surface area contributed by atoms with Crippen molar-refractivity contribution in [1.29, 1.82) is 0 Å². The molecule has 0 saturated heterocycles. The summed E-state index contributed by atoms with van der Waals surface area (Å²) >= 11 is 0. The van der Waals surface area contributed by atoms with Crippen molar-refractivity contribution in [2.24, 2.45) is 0 Å². The van der Waals surface area contributed by atoms with Gasteiger partial charge in [-0.1, -0.05) is 31.0 Å². The molecule has 1 aromatic heterocycles. The molecule has 0 bridgehead atoms. The maximum atomic E-state index is 14.8. The average molecular weight is 492 g/mol. The lowest BCUT2D eigenvalue weighted by molar-refractivity contribution is 0.276. The summed E-state index contributed by atoms with van der Waals surface area (Å²) in [4.78, 5) is 8.66. The number of benzene rings is 2. The molecule has 3 aromatic rings. The molecule has 0 spiro atoms. The first-order chi connectivity index (χ1) is 16.5. The molecule has 0 fully saturated rings. The van der Waals surface area contributed by atoms with E-state index < -0.39 is 8.25 Å². The van der Waals surface area contributed by atoms with E-state index in [2.05, 4.69) is 9.84 Å². The molecule has 1 atom stereocenters. The third kappa shape index (κ3) is 8.48. The van der Waals surface area contributed by atoms with Crippen LogP contribution in [0.2, 0.25) is 0 Å². The molecule has 34 heavy (non-hydrogen) atoms. The lowest BCUT2D eigenvalue weighted by Gasteiger charge is -2.13. The zero-order valence-corrected chi connectivity index (χ0v) is 20.2. The smallest absolute Gasteiger partial charge is 0.316 e. The lowest BCUT2D eigenvalue weighted by Crippen LogP contribution is -2.17. The second kappa shape index (κ2) is 14.2. The van der Waals surface area contributed by atoms with E-state index in [-0.39, 0.29) is 18.2 Å². The van der Waals surface area contributed by atoms with Crippen LogP contribution in [0.1, 0.15) is 48.8 Å². The molecule has 0 aliphatic carbocycles. The van der Waals surface area contributed by atoms with E-state index >= 15 is 0 Å². The highest BCUT2D eigenvalue weighted by Gasteiger charge is 2.13. The molecule has 2 aromatic carbocycles. The van der Waals surface area contributed by atoms with E-state index in [1.807, 2.05) is 30.3 Å². The van der Waals surface area contributed by atoms with Crippen LogP contribution in [-0.2, 0) is 28.5 Å².